The smallest absolute Gasteiger partial charge is 0.344 e. The first kappa shape index (κ1) is 17.2. The fraction of sp³-hybridized carbons (Fsp3) is 0.571. The fourth-order valence-electron chi connectivity index (χ4n) is 2.24. The Morgan fingerprint density at radius 3 is 3.18 bits per heavy atom. The summed E-state index contributed by atoms with van der Waals surface area (Å²) in [5, 5.41) is 0. The van der Waals surface area contributed by atoms with E-state index in [1.165, 1.54) is 0 Å². The van der Waals surface area contributed by atoms with E-state index in [0.717, 1.165) is 12.8 Å². The van der Waals surface area contributed by atoms with Gasteiger partial charge in [-0.15, -0.1) is 0 Å². The zero-order chi connectivity index (χ0) is 15.8. The van der Waals surface area contributed by atoms with Gasteiger partial charge in [0.15, 0.2) is 21.4 Å². The van der Waals surface area contributed by atoms with Crippen LogP contribution in [0.2, 0.25) is 0 Å². The first-order valence-electron chi connectivity index (χ1n) is 7.18. The molecular weight excluding hydrogens is 307 g/mol. The molecule has 2 N–H and O–H groups in total. The second-order valence-corrected chi connectivity index (χ2v) is 5.72. The van der Waals surface area contributed by atoms with Gasteiger partial charge in [-0.2, -0.15) is 4.57 Å². The molecule has 7 nitrogen and oxygen atoms in total. The minimum absolute atomic E-state index is 0.0361. The van der Waals surface area contributed by atoms with Crippen molar-refractivity contribution in [1.82, 2.24) is 0 Å². The van der Waals surface area contributed by atoms with Crippen LogP contribution >= 0.6 is 9.03 Å². The standard InChI is InChI=1S/C14H22N2O5P/c1-18-22-20-10-12-4-5-13(21-12)16-7-2-3-11(9-16)14(17)19-8-6-15/h2-3,7,9,12-13,22H,4-6,8,10,15H2,1H3/q+1. The molecule has 0 amide bonds. The molecule has 8 heteroatoms. The summed E-state index contributed by atoms with van der Waals surface area (Å²) in [6.45, 7) is 1.04. The quantitative estimate of drug-likeness (QED) is 0.331. The van der Waals surface area contributed by atoms with Crippen LogP contribution in [0.25, 0.3) is 0 Å². The Balaban J connectivity index is 1.91. The molecule has 2 heterocycles. The Kier molecular flexibility index (Phi) is 7.15. The van der Waals surface area contributed by atoms with Crippen LogP contribution in [-0.4, -0.2) is 38.9 Å². The van der Waals surface area contributed by atoms with Gasteiger partial charge in [-0.05, 0) is 12.5 Å². The van der Waals surface area contributed by atoms with Crippen molar-refractivity contribution in [2.24, 2.45) is 5.73 Å². The molecule has 1 fully saturated rings. The van der Waals surface area contributed by atoms with Gasteiger partial charge in [-0.25, -0.2) is 4.79 Å². The second-order valence-electron chi connectivity index (χ2n) is 4.85. The monoisotopic (exact) mass is 329 g/mol. The molecule has 0 bridgehead atoms. The van der Waals surface area contributed by atoms with Gasteiger partial charge < -0.3 is 24.3 Å². The number of pyridine rings is 1. The molecule has 1 saturated heterocycles. The van der Waals surface area contributed by atoms with Gasteiger partial charge in [0.1, 0.15) is 12.2 Å². The normalized spacial score (nSPS) is 21.5. The van der Waals surface area contributed by atoms with E-state index in [1.807, 2.05) is 10.8 Å². The first-order valence-corrected chi connectivity index (χ1v) is 7.99. The van der Waals surface area contributed by atoms with E-state index in [0.29, 0.717) is 18.7 Å². The van der Waals surface area contributed by atoms with Crippen molar-refractivity contribution in [1.29, 1.82) is 0 Å². The summed E-state index contributed by atoms with van der Waals surface area (Å²) in [7, 11) is 1.64. The molecule has 3 unspecified atom stereocenters. The lowest BCUT2D eigenvalue weighted by molar-refractivity contribution is -0.759. The van der Waals surface area contributed by atoms with E-state index in [9.17, 15) is 4.79 Å². The number of esters is 1. The minimum atomic E-state index is -0.376. The molecule has 0 saturated carbocycles. The third kappa shape index (κ3) is 4.97. The maximum Gasteiger partial charge on any atom is 0.344 e. The number of carbonyl (C=O) groups excluding carboxylic acids is 1. The number of carbonyl (C=O) groups is 1. The molecule has 1 aliphatic heterocycles. The van der Waals surface area contributed by atoms with Gasteiger partial charge in [0.05, 0.1) is 12.7 Å². The Morgan fingerprint density at radius 1 is 1.55 bits per heavy atom. The predicted octanol–water partition coefficient (Wildman–Crippen LogP) is 0.939. The Morgan fingerprint density at radius 2 is 2.41 bits per heavy atom. The third-order valence-corrected chi connectivity index (χ3v) is 3.69. The van der Waals surface area contributed by atoms with Crippen molar-refractivity contribution in [3.05, 3.63) is 30.1 Å². The molecule has 122 valence electrons. The maximum absolute atomic E-state index is 11.8. The molecule has 0 radical (unpaired) electrons. The molecule has 22 heavy (non-hydrogen) atoms. The summed E-state index contributed by atoms with van der Waals surface area (Å²) in [6, 6.07) is 3.52. The van der Waals surface area contributed by atoms with Crippen LogP contribution in [0.4, 0.5) is 0 Å². The highest BCUT2D eigenvalue weighted by atomic mass is 31.1. The lowest BCUT2D eigenvalue weighted by atomic mass is 10.2. The fourth-order valence-corrected chi connectivity index (χ4v) is 2.61. The van der Waals surface area contributed by atoms with E-state index in [-0.39, 0.29) is 33.9 Å². The number of nitrogens with two attached hydrogens (primary N) is 1. The van der Waals surface area contributed by atoms with Crippen LogP contribution in [0.3, 0.4) is 0 Å². The van der Waals surface area contributed by atoms with Crippen molar-refractivity contribution in [2.75, 3.05) is 26.9 Å². The van der Waals surface area contributed by atoms with Gasteiger partial charge in [0.25, 0.3) is 6.23 Å². The van der Waals surface area contributed by atoms with Gasteiger partial charge in [-0.1, -0.05) is 0 Å². The summed E-state index contributed by atoms with van der Waals surface area (Å²) >= 11 is 0. The molecular formula is C14H22N2O5P+. The second kappa shape index (κ2) is 9.12. The van der Waals surface area contributed by atoms with Crippen molar-refractivity contribution < 1.29 is 27.9 Å². The highest BCUT2D eigenvalue weighted by Gasteiger charge is 2.32. The lowest BCUT2D eigenvalue weighted by Gasteiger charge is -2.10. The average molecular weight is 329 g/mol. The number of nitrogens with zero attached hydrogens (tertiary/aromatic N) is 1. The first-order chi connectivity index (χ1) is 10.7. The van der Waals surface area contributed by atoms with Crippen LogP contribution in [0.15, 0.2) is 24.5 Å². The zero-order valence-electron chi connectivity index (χ0n) is 12.6. The van der Waals surface area contributed by atoms with Crippen LogP contribution in [-0.2, 0) is 18.5 Å². The largest absolute Gasteiger partial charge is 0.461 e. The van der Waals surface area contributed by atoms with Crippen LogP contribution in [0.1, 0.15) is 29.4 Å². The van der Waals surface area contributed by atoms with E-state index < -0.39 is 0 Å². The average Bonchev–Trinajstić information content (AvgIpc) is 3.02. The predicted molar refractivity (Wildman–Crippen MR) is 80.4 cm³/mol. The van der Waals surface area contributed by atoms with E-state index >= 15 is 0 Å². The van der Waals surface area contributed by atoms with Crippen molar-refractivity contribution in [3.63, 3.8) is 0 Å². The molecule has 0 aromatic carbocycles. The van der Waals surface area contributed by atoms with Crippen LogP contribution < -0.4 is 10.3 Å². The molecule has 1 aromatic heterocycles. The molecule has 2 rings (SSSR count). The van der Waals surface area contributed by atoms with Crippen molar-refractivity contribution in [3.8, 4) is 0 Å². The summed E-state index contributed by atoms with van der Waals surface area (Å²) in [5.41, 5.74) is 5.81. The van der Waals surface area contributed by atoms with Gasteiger partial charge >= 0.3 is 5.97 Å². The summed E-state index contributed by atoms with van der Waals surface area (Å²) in [4.78, 5) is 11.8. The summed E-state index contributed by atoms with van der Waals surface area (Å²) in [6.07, 6.45) is 5.35. The van der Waals surface area contributed by atoms with E-state index in [2.05, 4.69) is 0 Å². The molecule has 3 atom stereocenters. The maximum atomic E-state index is 11.8. The SMILES string of the molecule is COPOCC1CCC([n+]2cccc(C(=O)OCCN)c2)O1. The minimum Gasteiger partial charge on any atom is -0.461 e. The highest BCUT2D eigenvalue weighted by molar-refractivity contribution is 7.26. The number of aromatic nitrogens is 1. The number of ether oxygens (including phenoxy) is 2. The van der Waals surface area contributed by atoms with Crippen molar-refractivity contribution in [2.45, 2.75) is 25.2 Å². The van der Waals surface area contributed by atoms with E-state index in [4.69, 9.17) is 24.3 Å². The van der Waals surface area contributed by atoms with Crippen LogP contribution in [0, 0.1) is 0 Å². The third-order valence-electron chi connectivity index (χ3n) is 3.24. The topological polar surface area (TPSA) is 83.9 Å². The summed E-state index contributed by atoms with van der Waals surface area (Å²) in [5.74, 6) is -0.376. The molecule has 1 aliphatic rings. The Labute approximate surface area is 131 Å². The van der Waals surface area contributed by atoms with Gasteiger partial charge in [0, 0.05) is 26.1 Å². The number of hydrogen-bond acceptors (Lipinski definition) is 6. The molecule has 0 aliphatic carbocycles. The van der Waals surface area contributed by atoms with E-state index in [1.54, 1.807) is 25.4 Å². The molecule has 0 spiro atoms. The Bertz CT molecular complexity index is 488. The van der Waals surface area contributed by atoms with Crippen LogP contribution in [0.5, 0.6) is 0 Å². The van der Waals surface area contributed by atoms with Crippen molar-refractivity contribution >= 4 is 15.0 Å². The number of rotatable bonds is 8. The molecule has 1 aromatic rings. The lowest BCUT2D eigenvalue weighted by Crippen LogP contribution is -2.40. The zero-order valence-corrected chi connectivity index (χ0v) is 13.6. The summed E-state index contributed by atoms with van der Waals surface area (Å²) < 4.78 is 23.1. The van der Waals surface area contributed by atoms with Gasteiger partial charge in [-0.3, -0.25) is 0 Å². The number of hydrogen-bond donors (Lipinski definition) is 1. The highest BCUT2D eigenvalue weighted by Crippen LogP contribution is 2.26. The Hall–Kier alpha value is -1.11. The van der Waals surface area contributed by atoms with Gasteiger partial charge in [0.2, 0.25) is 0 Å².